The molecule has 0 atom stereocenters. The smallest absolute Gasteiger partial charge is 0.231 e. The third-order valence-electron chi connectivity index (χ3n) is 3.19. The van der Waals surface area contributed by atoms with Crippen LogP contribution >= 0.6 is 11.3 Å². The van der Waals surface area contributed by atoms with E-state index in [0.29, 0.717) is 5.13 Å². The predicted molar refractivity (Wildman–Crippen MR) is 85.2 cm³/mol. The number of anilines is 1. The van der Waals surface area contributed by atoms with Gasteiger partial charge in [-0.15, -0.1) is 0 Å². The summed E-state index contributed by atoms with van der Waals surface area (Å²) in [6.45, 7) is 5.68. The highest BCUT2D eigenvalue weighted by molar-refractivity contribution is 7.22. The van der Waals surface area contributed by atoms with Crippen LogP contribution in [-0.4, -0.2) is 10.9 Å². The Morgan fingerprint density at radius 1 is 1.15 bits per heavy atom. The second kappa shape index (κ2) is 4.56. The number of nitrogens with one attached hydrogen (secondary N) is 1. The van der Waals surface area contributed by atoms with E-state index < -0.39 is 5.41 Å². The van der Waals surface area contributed by atoms with Crippen LogP contribution in [0.15, 0.2) is 36.4 Å². The van der Waals surface area contributed by atoms with Crippen LogP contribution in [0.2, 0.25) is 0 Å². The van der Waals surface area contributed by atoms with Crippen LogP contribution in [0.25, 0.3) is 21.0 Å². The Morgan fingerprint density at radius 3 is 2.65 bits per heavy atom. The highest BCUT2D eigenvalue weighted by atomic mass is 32.1. The molecule has 1 aromatic heterocycles. The van der Waals surface area contributed by atoms with Crippen LogP contribution in [0.1, 0.15) is 20.8 Å². The number of hydrogen-bond donors (Lipinski definition) is 1. The zero-order valence-corrected chi connectivity index (χ0v) is 12.5. The molecule has 1 N–H and O–H groups in total. The van der Waals surface area contributed by atoms with Gasteiger partial charge in [0.15, 0.2) is 5.13 Å². The standard InChI is InChI=1S/C16H16N2OS/c1-16(2,3)14(19)18-15-17-13-11-7-5-4-6-10(11)8-9-12(13)20-15/h4-9H,1-3H3,(H,17,18,19). The van der Waals surface area contributed by atoms with Crippen molar-refractivity contribution >= 4 is 43.4 Å². The van der Waals surface area contributed by atoms with Crippen molar-refractivity contribution in [2.45, 2.75) is 20.8 Å². The largest absolute Gasteiger partial charge is 0.301 e. The molecule has 0 unspecified atom stereocenters. The van der Waals surface area contributed by atoms with E-state index in [1.165, 1.54) is 16.7 Å². The van der Waals surface area contributed by atoms with Gasteiger partial charge in [0, 0.05) is 10.8 Å². The molecule has 0 aliphatic rings. The van der Waals surface area contributed by atoms with E-state index in [1.54, 1.807) is 0 Å². The molecule has 0 fully saturated rings. The first kappa shape index (κ1) is 13.1. The van der Waals surface area contributed by atoms with Crippen molar-refractivity contribution in [1.82, 2.24) is 4.98 Å². The second-order valence-electron chi connectivity index (χ2n) is 5.86. The van der Waals surface area contributed by atoms with E-state index >= 15 is 0 Å². The zero-order chi connectivity index (χ0) is 14.3. The van der Waals surface area contributed by atoms with Gasteiger partial charge in [0.25, 0.3) is 0 Å². The number of benzene rings is 2. The minimum atomic E-state index is -0.417. The van der Waals surface area contributed by atoms with Crippen LogP contribution in [0, 0.1) is 5.41 Å². The summed E-state index contributed by atoms with van der Waals surface area (Å²) in [5, 5.41) is 5.86. The SMILES string of the molecule is CC(C)(C)C(=O)Nc1nc2c(ccc3ccccc32)s1. The van der Waals surface area contributed by atoms with E-state index in [0.717, 1.165) is 15.6 Å². The number of amides is 1. The Kier molecular flexibility index (Phi) is 2.98. The number of carbonyl (C=O) groups excluding carboxylic acids is 1. The Hall–Kier alpha value is -1.94. The van der Waals surface area contributed by atoms with Crippen molar-refractivity contribution in [3.05, 3.63) is 36.4 Å². The molecular weight excluding hydrogens is 268 g/mol. The number of rotatable bonds is 1. The predicted octanol–water partition coefficient (Wildman–Crippen LogP) is 4.43. The number of aromatic nitrogens is 1. The highest BCUT2D eigenvalue weighted by Crippen LogP contribution is 2.32. The fourth-order valence-corrected chi connectivity index (χ4v) is 2.88. The molecular formula is C16H16N2OS. The van der Waals surface area contributed by atoms with Gasteiger partial charge >= 0.3 is 0 Å². The fraction of sp³-hybridized carbons (Fsp3) is 0.250. The first-order valence-electron chi connectivity index (χ1n) is 6.55. The molecule has 0 saturated heterocycles. The lowest BCUT2D eigenvalue weighted by Gasteiger charge is -2.15. The third kappa shape index (κ3) is 2.27. The average Bonchev–Trinajstić information content (AvgIpc) is 2.80. The van der Waals surface area contributed by atoms with Gasteiger partial charge in [0.2, 0.25) is 5.91 Å². The summed E-state index contributed by atoms with van der Waals surface area (Å²) in [6, 6.07) is 12.3. The van der Waals surface area contributed by atoms with Crippen molar-refractivity contribution in [2.75, 3.05) is 5.32 Å². The monoisotopic (exact) mass is 284 g/mol. The molecule has 1 amide bonds. The summed E-state index contributed by atoms with van der Waals surface area (Å²) in [6.07, 6.45) is 0. The molecule has 20 heavy (non-hydrogen) atoms. The van der Waals surface area contributed by atoms with Crippen molar-refractivity contribution in [3.8, 4) is 0 Å². The lowest BCUT2D eigenvalue weighted by Crippen LogP contribution is -2.27. The molecule has 3 aromatic rings. The lowest BCUT2D eigenvalue weighted by atomic mass is 9.96. The maximum absolute atomic E-state index is 12.0. The van der Waals surface area contributed by atoms with E-state index in [4.69, 9.17) is 0 Å². The Morgan fingerprint density at radius 2 is 1.90 bits per heavy atom. The van der Waals surface area contributed by atoms with Gasteiger partial charge in [-0.05, 0) is 11.5 Å². The van der Waals surface area contributed by atoms with Gasteiger partial charge in [-0.25, -0.2) is 4.98 Å². The van der Waals surface area contributed by atoms with Gasteiger partial charge in [-0.1, -0.05) is 62.4 Å². The second-order valence-corrected chi connectivity index (χ2v) is 6.89. The molecule has 0 saturated carbocycles. The molecule has 1 heterocycles. The highest BCUT2D eigenvalue weighted by Gasteiger charge is 2.22. The first-order valence-corrected chi connectivity index (χ1v) is 7.36. The maximum atomic E-state index is 12.0. The van der Waals surface area contributed by atoms with Gasteiger partial charge in [-0.3, -0.25) is 4.79 Å². The quantitative estimate of drug-likeness (QED) is 0.718. The Bertz CT molecular complexity index is 799. The number of nitrogens with zero attached hydrogens (tertiary/aromatic N) is 1. The fourth-order valence-electron chi connectivity index (χ4n) is 2.00. The molecule has 0 spiro atoms. The Labute approximate surface area is 121 Å². The van der Waals surface area contributed by atoms with Crippen LogP contribution in [-0.2, 0) is 4.79 Å². The molecule has 0 aliphatic carbocycles. The molecule has 0 radical (unpaired) electrons. The lowest BCUT2D eigenvalue weighted by molar-refractivity contribution is -0.123. The van der Waals surface area contributed by atoms with Gasteiger partial charge in [0.1, 0.15) is 0 Å². The molecule has 4 heteroatoms. The van der Waals surface area contributed by atoms with E-state index in [2.05, 4.69) is 34.6 Å². The summed E-state index contributed by atoms with van der Waals surface area (Å²) in [5.74, 6) is -0.0131. The molecule has 3 nitrogen and oxygen atoms in total. The third-order valence-corrected chi connectivity index (χ3v) is 4.12. The van der Waals surface area contributed by atoms with Gasteiger partial charge in [-0.2, -0.15) is 0 Å². The molecule has 0 aliphatic heterocycles. The van der Waals surface area contributed by atoms with E-state index in [-0.39, 0.29) is 5.91 Å². The summed E-state index contributed by atoms with van der Waals surface area (Å²) in [5.41, 5.74) is 0.539. The molecule has 2 aromatic carbocycles. The minimum absolute atomic E-state index is 0.0131. The number of hydrogen-bond acceptors (Lipinski definition) is 3. The first-order chi connectivity index (χ1) is 9.45. The summed E-state index contributed by atoms with van der Waals surface area (Å²) >= 11 is 1.51. The van der Waals surface area contributed by atoms with Crippen molar-refractivity contribution < 1.29 is 4.79 Å². The van der Waals surface area contributed by atoms with E-state index in [1.807, 2.05) is 32.9 Å². The molecule has 102 valence electrons. The summed E-state index contributed by atoms with van der Waals surface area (Å²) < 4.78 is 1.09. The van der Waals surface area contributed by atoms with Gasteiger partial charge in [0.05, 0.1) is 10.2 Å². The Balaban J connectivity index is 2.07. The maximum Gasteiger partial charge on any atom is 0.231 e. The normalized spacial score (nSPS) is 11.9. The molecule has 3 rings (SSSR count). The van der Waals surface area contributed by atoms with Crippen LogP contribution in [0.3, 0.4) is 0 Å². The van der Waals surface area contributed by atoms with E-state index in [9.17, 15) is 4.79 Å². The van der Waals surface area contributed by atoms with Crippen LogP contribution in [0.4, 0.5) is 5.13 Å². The van der Waals surface area contributed by atoms with Crippen LogP contribution < -0.4 is 5.32 Å². The summed E-state index contributed by atoms with van der Waals surface area (Å²) in [4.78, 5) is 16.6. The number of carbonyl (C=O) groups is 1. The molecule has 0 bridgehead atoms. The topological polar surface area (TPSA) is 42.0 Å². The van der Waals surface area contributed by atoms with Crippen LogP contribution in [0.5, 0.6) is 0 Å². The van der Waals surface area contributed by atoms with Crippen molar-refractivity contribution in [3.63, 3.8) is 0 Å². The summed E-state index contributed by atoms with van der Waals surface area (Å²) in [7, 11) is 0. The average molecular weight is 284 g/mol. The van der Waals surface area contributed by atoms with Crippen molar-refractivity contribution in [1.29, 1.82) is 0 Å². The van der Waals surface area contributed by atoms with Gasteiger partial charge < -0.3 is 5.32 Å². The van der Waals surface area contributed by atoms with Crippen molar-refractivity contribution in [2.24, 2.45) is 5.41 Å². The minimum Gasteiger partial charge on any atom is -0.301 e. The zero-order valence-electron chi connectivity index (χ0n) is 11.7. The number of thiazole rings is 1. The number of fused-ring (bicyclic) bond motifs is 3.